The third kappa shape index (κ3) is 3.78. The van der Waals surface area contributed by atoms with Crippen LogP contribution in [0.15, 0.2) is 140 Å². The molecule has 234 valence electrons. The molecule has 8 aromatic rings. The normalized spacial score (nSPS) is 14.9. The zero-order valence-electron chi connectivity index (χ0n) is 28.1. The van der Waals surface area contributed by atoms with Crippen LogP contribution in [-0.2, 0) is 5.41 Å². The van der Waals surface area contributed by atoms with Crippen LogP contribution in [0, 0.1) is 0 Å². The molecule has 6 aromatic carbocycles. The molecule has 3 heterocycles. The molecular weight excluding hydrogens is 611 g/mol. The van der Waals surface area contributed by atoms with Gasteiger partial charge in [-0.3, -0.25) is 0 Å². The van der Waals surface area contributed by atoms with Gasteiger partial charge in [0.15, 0.2) is 5.82 Å². The molecular formula is C45H35N3Si. The second-order valence-electron chi connectivity index (χ2n) is 14.6. The molecule has 4 heteroatoms. The van der Waals surface area contributed by atoms with E-state index in [-0.39, 0.29) is 5.41 Å². The van der Waals surface area contributed by atoms with E-state index in [4.69, 9.17) is 9.97 Å². The molecule has 0 saturated heterocycles. The third-order valence-electron chi connectivity index (χ3n) is 11.2. The standard InChI is InChI=1S/C45H35N3Si/c1-45(2)34-22-12-8-19-31(34)39-35(45)27-26-30-29-18-9-13-23-36(29)48(42(30)39)37-24-14-10-20-32(37)40-43-41(33-21-11-15-25-38(33)49(43,3)4)47-44(46-40)28-16-6-5-7-17-28/h5-27H,1-4H3. The number of nitrogens with zero attached hydrogens (tertiary/aromatic N) is 3. The maximum atomic E-state index is 5.54. The summed E-state index contributed by atoms with van der Waals surface area (Å²) in [4.78, 5) is 10.9. The number of aromatic nitrogens is 3. The fraction of sp³-hybridized carbons (Fsp3) is 0.111. The molecule has 3 nitrogen and oxygen atoms in total. The van der Waals surface area contributed by atoms with Gasteiger partial charge in [-0.25, -0.2) is 9.97 Å². The number of rotatable bonds is 3. The molecule has 0 bridgehead atoms. The van der Waals surface area contributed by atoms with E-state index in [0.29, 0.717) is 0 Å². The van der Waals surface area contributed by atoms with E-state index < -0.39 is 8.07 Å². The Labute approximate surface area is 287 Å². The molecule has 0 unspecified atom stereocenters. The monoisotopic (exact) mass is 645 g/mol. The SMILES string of the molecule is CC1(C)c2ccccc2-c2c1ccc1c3ccccc3n(-c3ccccc3-c3nc(-c4ccccc4)nc4c3[Si](C)(C)c3ccccc3-4)c21. The first-order valence-corrected chi connectivity index (χ1v) is 20.2. The minimum Gasteiger partial charge on any atom is -0.308 e. The van der Waals surface area contributed by atoms with Crippen molar-refractivity contribution in [2.45, 2.75) is 32.4 Å². The van der Waals surface area contributed by atoms with Gasteiger partial charge in [0, 0.05) is 32.9 Å². The minimum atomic E-state index is -2.17. The molecule has 0 fully saturated rings. The first-order chi connectivity index (χ1) is 23.9. The number of benzene rings is 6. The van der Waals surface area contributed by atoms with E-state index in [9.17, 15) is 0 Å². The van der Waals surface area contributed by atoms with E-state index in [0.717, 1.165) is 34.0 Å². The summed E-state index contributed by atoms with van der Waals surface area (Å²) in [5, 5.41) is 5.28. The molecule has 49 heavy (non-hydrogen) atoms. The fourth-order valence-electron chi connectivity index (χ4n) is 8.89. The van der Waals surface area contributed by atoms with Gasteiger partial charge in [-0.2, -0.15) is 0 Å². The number of hydrogen-bond donors (Lipinski definition) is 0. The lowest BCUT2D eigenvalue weighted by molar-refractivity contribution is 0.661. The highest BCUT2D eigenvalue weighted by molar-refractivity contribution is 7.04. The average molecular weight is 646 g/mol. The lowest BCUT2D eigenvalue weighted by Gasteiger charge is -2.23. The van der Waals surface area contributed by atoms with E-state index in [2.05, 4.69) is 171 Å². The minimum absolute atomic E-state index is 0.0968. The molecule has 1 aliphatic carbocycles. The first kappa shape index (κ1) is 28.4. The highest BCUT2D eigenvalue weighted by Gasteiger charge is 2.42. The Bertz CT molecular complexity index is 2660. The van der Waals surface area contributed by atoms with Crippen molar-refractivity contribution in [1.82, 2.24) is 14.5 Å². The second kappa shape index (κ2) is 9.97. The Morgan fingerprint density at radius 3 is 2.00 bits per heavy atom. The van der Waals surface area contributed by atoms with Crippen molar-refractivity contribution in [1.29, 1.82) is 0 Å². The van der Waals surface area contributed by atoms with Crippen molar-refractivity contribution >= 4 is 40.3 Å². The fourth-order valence-corrected chi connectivity index (χ4v) is 12.1. The van der Waals surface area contributed by atoms with Gasteiger partial charge in [0.25, 0.3) is 0 Å². The molecule has 10 rings (SSSR count). The first-order valence-electron chi connectivity index (χ1n) is 17.2. The Morgan fingerprint density at radius 1 is 0.551 bits per heavy atom. The van der Waals surface area contributed by atoms with Gasteiger partial charge in [-0.1, -0.05) is 154 Å². The summed E-state index contributed by atoms with van der Waals surface area (Å²) < 4.78 is 2.53. The van der Waals surface area contributed by atoms with Crippen molar-refractivity contribution in [2.24, 2.45) is 0 Å². The molecule has 0 amide bonds. The van der Waals surface area contributed by atoms with Crippen LogP contribution >= 0.6 is 0 Å². The van der Waals surface area contributed by atoms with Gasteiger partial charge in [0.05, 0.1) is 28.1 Å². The summed E-state index contributed by atoms with van der Waals surface area (Å²) in [5.41, 5.74) is 14.5. The summed E-state index contributed by atoms with van der Waals surface area (Å²) in [6.07, 6.45) is 0. The van der Waals surface area contributed by atoms with Gasteiger partial charge in [0.1, 0.15) is 8.07 Å². The Kier molecular flexibility index (Phi) is 5.79. The lowest BCUT2D eigenvalue weighted by Crippen LogP contribution is -2.50. The lowest BCUT2D eigenvalue weighted by atomic mass is 9.82. The molecule has 2 aliphatic rings. The number of fused-ring (bicyclic) bond motifs is 10. The molecule has 2 aromatic heterocycles. The number of para-hydroxylation sites is 2. The zero-order valence-corrected chi connectivity index (χ0v) is 29.1. The highest BCUT2D eigenvalue weighted by atomic mass is 28.3. The molecule has 0 saturated carbocycles. The largest absolute Gasteiger partial charge is 0.308 e. The third-order valence-corrected chi connectivity index (χ3v) is 14.7. The predicted octanol–water partition coefficient (Wildman–Crippen LogP) is 10.0. The summed E-state index contributed by atoms with van der Waals surface area (Å²) in [5.74, 6) is 0.768. The summed E-state index contributed by atoms with van der Waals surface area (Å²) >= 11 is 0. The van der Waals surface area contributed by atoms with Crippen LogP contribution in [0.1, 0.15) is 25.0 Å². The average Bonchev–Trinajstić information content (AvgIpc) is 3.69. The van der Waals surface area contributed by atoms with Crippen LogP contribution in [0.3, 0.4) is 0 Å². The van der Waals surface area contributed by atoms with E-state index in [1.165, 1.54) is 60.0 Å². The second-order valence-corrected chi connectivity index (χ2v) is 18.9. The van der Waals surface area contributed by atoms with Crippen LogP contribution < -0.4 is 10.4 Å². The summed E-state index contributed by atoms with van der Waals surface area (Å²) in [6.45, 7) is 9.65. The van der Waals surface area contributed by atoms with Crippen molar-refractivity contribution in [3.05, 3.63) is 151 Å². The summed E-state index contributed by atoms with van der Waals surface area (Å²) in [6, 6.07) is 50.8. The molecule has 0 atom stereocenters. The predicted molar refractivity (Wildman–Crippen MR) is 207 cm³/mol. The maximum Gasteiger partial charge on any atom is 0.160 e. The van der Waals surface area contributed by atoms with Crippen molar-refractivity contribution in [3.63, 3.8) is 0 Å². The van der Waals surface area contributed by atoms with Crippen molar-refractivity contribution in [3.8, 4) is 50.7 Å². The van der Waals surface area contributed by atoms with Crippen LogP contribution in [0.5, 0.6) is 0 Å². The Hall–Kier alpha value is -5.58. The van der Waals surface area contributed by atoms with Crippen LogP contribution in [-0.4, -0.2) is 22.6 Å². The van der Waals surface area contributed by atoms with Crippen molar-refractivity contribution in [2.75, 3.05) is 0 Å². The summed E-state index contributed by atoms with van der Waals surface area (Å²) in [7, 11) is -2.17. The van der Waals surface area contributed by atoms with Gasteiger partial charge in [-0.15, -0.1) is 0 Å². The van der Waals surface area contributed by atoms with E-state index in [1.54, 1.807) is 0 Å². The molecule has 0 N–H and O–H groups in total. The van der Waals surface area contributed by atoms with E-state index >= 15 is 0 Å². The zero-order chi connectivity index (χ0) is 33.1. The molecule has 0 radical (unpaired) electrons. The highest BCUT2D eigenvalue weighted by Crippen LogP contribution is 2.53. The number of hydrogen-bond acceptors (Lipinski definition) is 2. The van der Waals surface area contributed by atoms with Gasteiger partial charge >= 0.3 is 0 Å². The van der Waals surface area contributed by atoms with Crippen LogP contribution in [0.4, 0.5) is 0 Å². The van der Waals surface area contributed by atoms with Gasteiger partial charge < -0.3 is 4.57 Å². The van der Waals surface area contributed by atoms with Crippen LogP contribution in [0.2, 0.25) is 13.1 Å². The molecule has 0 spiro atoms. The van der Waals surface area contributed by atoms with Crippen LogP contribution in [0.25, 0.3) is 72.5 Å². The van der Waals surface area contributed by atoms with Gasteiger partial charge in [0.2, 0.25) is 0 Å². The maximum absolute atomic E-state index is 5.54. The van der Waals surface area contributed by atoms with Crippen molar-refractivity contribution < 1.29 is 0 Å². The van der Waals surface area contributed by atoms with Gasteiger partial charge in [-0.05, 0) is 44.8 Å². The molecule has 1 aliphatic heterocycles. The Balaban J connectivity index is 1.35. The topological polar surface area (TPSA) is 30.7 Å². The quantitative estimate of drug-likeness (QED) is 0.179. The Morgan fingerprint density at radius 2 is 1.18 bits per heavy atom. The smallest absolute Gasteiger partial charge is 0.160 e. The van der Waals surface area contributed by atoms with E-state index in [1.807, 2.05) is 0 Å².